The summed E-state index contributed by atoms with van der Waals surface area (Å²) in [6, 6.07) is 0. The maximum Gasteiger partial charge on any atom is 0.335 e. The molecule has 1 saturated heterocycles. The zero-order valence-electron chi connectivity index (χ0n) is 14.1. The Morgan fingerprint density at radius 1 is 1.21 bits per heavy atom. The van der Waals surface area contributed by atoms with Gasteiger partial charge in [0.15, 0.2) is 17.7 Å². The fourth-order valence-corrected chi connectivity index (χ4v) is 6.68. The lowest BCUT2D eigenvalue weighted by Gasteiger charge is -2.17. The summed E-state index contributed by atoms with van der Waals surface area (Å²) in [5.74, 6) is -1.16. The Bertz CT molecular complexity index is 982. The molecule has 0 amide bonds. The number of ether oxygens (including phenoxy) is 1. The van der Waals surface area contributed by atoms with Crippen LogP contribution in [0.1, 0.15) is 12.6 Å². The average molecular weight is 458 g/mol. The second-order valence-electron chi connectivity index (χ2n) is 6.41. The molecule has 1 aliphatic heterocycles. The number of aliphatic hydroxyl groups is 2. The Balaban J connectivity index is 1.78. The van der Waals surface area contributed by atoms with Crippen molar-refractivity contribution in [3.8, 4) is 0 Å². The van der Waals surface area contributed by atoms with E-state index in [9.17, 15) is 24.2 Å². The third-order valence-electron chi connectivity index (χ3n) is 4.20. The van der Waals surface area contributed by atoms with Crippen LogP contribution in [-0.2, 0) is 13.9 Å². The highest BCUT2D eigenvalue weighted by atomic mass is 35.5. The van der Waals surface area contributed by atoms with Crippen LogP contribution >= 0.6 is 26.6 Å². The van der Waals surface area contributed by atoms with Crippen molar-refractivity contribution in [3.63, 3.8) is 0 Å². The number of hydrogen-bond acceptors (Lipinski definition) is 9. The first-order valence-electron chi connectivity index (χ1n) is 7.90. The smallest absolute Gasteiger partial charge is 0.335 e. The van der Waals surface area contributed by atoms with Gasteiger partial charge in [0.25, 0.3) is 0 Å². The molecule has 1 fully saturated rings. The van der Waals surface area contributed by atoms with Crippen molar-refractivity contribution in [1.29, 1.82) is 0 Å². The van der Waals surface area contributed by atoms with Crippen LogP contribution in [-0.4, -0.2) is 74.8 Å². The second-order valence-corrected chi connectivity index (χ2v) is 11.4. The molecule has 28 heavy (non-hydrogen) atoms. The summed E-state index contributed by atoms with van der Waals surface area (Å²) >= 11 is 5.79. The minimum absolute atomic E-state index is 0.0111. The fourth-order valence-electron chi connectivity index (χ4n) is 2.98. The van der Waals surface area contributed by atoms with Crippen LogP contribution in [0.2, 0.25) is 5.28 Å². The Kier molecular flexibility index (Phi) is 5.85. The van der Waals surface area contributed by atoms with Gasteiger partial charge < -0.3 is 35.4 Å². The van der Waals surface area contributed by atoms with Crippen molar-refractivity contribution in [1.82, 2.24) is 19.5 Å². The number of rotatable bonds is 6. The molecular formula is C12H18ClN5O8P2. The Labute approximate surface area is 162 Å². The van der Waals surface area contributed by atoms with E-state index in [0.717, 1.165) is 0 Å². The molecule has 0 radical (unpaired) electrons. The van der Waals surface area contributed by atoms with E-state index in [0.29, 0.717) is 0 Å². The highest BCUT2D eigenvalue weighted by molar-refractivity contribution is 7.72. The van der Waals surface area contributed by atoms with Gasteiger partial charge in [-0.3, -0.25) is 13.7 Å². The minimum atomic E-state index is -4.68. The molecular weight excluding hydrogens is 440 g/mol. The average Bonchev–Trinajstić information content (AvgIpc) is 3.06. The molecule has 13 nitrogen and oxygen atoms in total. The predicted molar refractivity (Wildman–Crippen MR) is 96.9 cm³/mol. The number of fused-ring (bicyclic) bond motifs is 1. The first-order valence-corrected chi connectivity index (χ1v) is 12.1. The van der Waals surface area contributed by atoms with Crippen LogP contribution in [0, 0.1) is 0 Å². The highest BCUT2D eigenvalue weighted by Gasteiger charge is 2.45. The van der Waals surface area contributed by atoms with E-state index < -0.39 is 51.6 Å². The minimum Gasteiger partial charge on any atom is -0.388 e. The van der Waals surface area contributed by atoms with Gasteiger partial charge in [-0.1, -0.05) is 0 Å². The number of nitrogens with zero attached hydrogens (tertiary/aromatic N) is 4. The number of imidazole rings is 1. The fraction of sp³-hybridized carbons (Fsp3) is 0.583. The molecule has 7 N–H and O–H groups in total. The number of nitrogens with two attached hydrogens (primary N) is 1. The van der Waals surface area contributed by atoms with E-state index in [1.165, 1.54) is 10.9 Å². The number of aromatic nitrogens is 4. The molecule has 16 heteroatoms. The van der Waals surface area contributed by atoms with E-state index in [2.05, 4.69) is 15.0 Å². The predicted octanol–water partition coefficient (Wildman–Crippen LogP) is -0.523. The maximum absolute atomic E-state index is 11.9. The standard InChI is InChI=1S/C12H18ClN5O8P2/c13-12-16-9(14)6-10(17-12)18(3-15-6)11-8(20)7(19)5(26-11)1-2-27(21,22)4-28(23,24)25/h3,5,7-8,11,19-20H,1-2,4H2,(H,21,22)(H2,14,16,17)(H2,23,24,25)/t5-,7?,8+,11-/m1/s1. The third kappa shape index (κ3) is 4.54. The summed E-state index contributed by atoms with van der Waals surface area (Å²) in [5.41, 5.74) is 6.08. The van der Waals surface area contributed by atoms with Gasteiger partial charge in [-0.25, -0.2) is 4.98 Å². The Hall–Kier alpha value is -1.14. The number of aliphatic hydroxyl groups excluding tert-OH is 2. The van der Waals surface area contributed by atoms with Gasteiger partial charge >= 0.3 is 7.60 Å². The number of hydrogen-bond donors (Lipinski definition) is 6. The van der Waals surface area contributed by atoms with Crippen molar-refractivity contribution in [2.75, 3.05) is 17.8 Å². The first-order chi connectivity index (χ1) is 12.9. The summed E-state index contributed by atoms with van der Waals surface area (Å²) in [4.78, 5) is 39.2. The van der Waals surface area contributed by atoms with Gasteiger partial charge in [-0.05, 0) is 18.0 Å². The maximum atomic E-state index is 11.9. The van der Waals surface area contributed by atoms with E-state index in [1.54, 1.807) is 0 Å². The summed E-state index contributed by atoms with van der Waals surface area (Å²) in [6.07, 6.45) is -4.53. The van der Waals surface area contributed by atoms with E-state index >= 15 is 0 Å². The molecule has 0 spiro atoms. The van der Waals surface area contributed by atoms with Crippen LogP contribution in [0.15, 0.2) is 6.33 Å². The van der Waals surface area contributed by atoms with Crippen LogP contribution in [0.3, 0.4) is 0 Å². The molecule has 2 aromatic rings. The largest absolute Gasteiger partial charge is 0.388 e. The molecule has 3 rings (SSSR count). The van der Waals surface area contributed by atoms with Crippen molar-refractivity contribution in [2.24, 2.45) is 0 Å². The summed E-state index contributed by atoms with van der Waals surface area (Å²) in [5, 5.41) is 20.4. The molecule has 1 aliphatic rings. The lowest BCUT2D eigenvalue weighted by atomic mass is 10.1. The molecule has 0 bridgehead atoms. The second kappa shape index (κ2) is 7.60. The number of nitrogen functional groups attached to an aromatic ring is 1. The summed E-state index contributed by atoms with van der Waals surface area (Å²) in [6.45, 7) is 0. The summed E-state index contributed by atoms with van der Waals surface area (Å²) < 4.78 is 29.8. The highest BCUT2D eigenvalue weighted by Crippen LogP contribution is 2.55. The van der Waals surface area contributed by atoms with Gasteiger partial charge in [-0.15, -0.1) is 0 Å². The molecule has 3 heterocycles. The molecule has 5 atom stereocenters. The van der Waals surface area contributed by atoms with Crippen molar-refractivity contribution in [3.05, 3.63) is 11.6 Å². The summed E-state index contributed by atoms with van der Waals surface area (Å²) in [7, 11) is -8.84. The van der Waals surface area contributed by atoms with Crippen LogP contribution < -0.4 is 5.73 Å². The molecule has 0 aromatic carbocycles. The van der Waals surface area contributed by atoms with Gasteiger partial charge in [0.1, 0.15) is 23.6 Å². The van der Waals surface area contributed by atoms with Crippen LogP contribution in [0.5, 0.6) is 0 Å². The molecule has 2 unspecified atom stereocenters. The number of halogens is 1. The first kappa shape index (κ1) is 21.6. The lowest BCUT2D eigenvalue weighted by molar-refractivity contribution is -0.0354. The quantitative estimate of drug-likeness (QED) is 0.238. The van der Waals surface area contributed by atoms with Gasteiger partial charge in [-0.2, -0.15) is 9.97 Å². The van der Waals surface area contributed by atoms with Gasteiger partial charge in [0.2, 0.25) is 12.7 Å². The normalized spacial score (nSPS) is 27.9. The monoisotopic (exact) mass is 457 g/mol. The van der Waals surface area contributed by atoms with E-state index in [-0.39, 0.29) is 28.7 Å². The zero-order chi connectivity index (χ0) is 20.9. The molecule has 0 saturated carbocycles. The van der Waals surface area contributed by atoms with Crippen molar-refractivity contribution >= 4 is 43.5 Å². The number of anilines is 1. The molecule has 2 aromatic heterocycles. The van der Waals surface area contributed by atoms with Crippen molar-refractivity contribution in [2.45, 2.75) is 31.0 Å². The van der Waals surface area contributed by atoms with E-state index in [1.807, 2.05) is 0 Å². The Morgan fingerprint density at radius 2 is 1.89 bits per heavy atom. The Morgan fingerprint density at radius 3 is 2.54 bits per heavy atom. The molecule has 156 valence electrons. The molecule has 0 aliphatic carbocycles. The van der Waals surface area contributed by atoms with Gasteiger partial charge in [0, 0.05) is 6.16 Å². The van der Waals surface area contributed by atoms with Gasteiger partial charge in [0.05, 0.1) is 12.4 Å². The zero-order valence-corrected chi connectivity index (χ0v) is 16.7. The SMILES string of the molecule is Nc1nc(Cl)nc2c1ncn2[C@@H]1O[C@H](CCP(=O)(O)CP(=O)(O)O)C(O)[C@@H]1O. The third-order valence-corrected chi connectivity index (χ3v) is 8.57. The van der Waals surface area contributed by atoms with Crippen LogP contribution in [0.4, 0.5) is 5.82 Å². The lowest BCUT2D eigenvalue weighted by Crippen LogP contribution is -2.32. The topological polar surface area (TPSA) is 214 Å². The van der Waals surface area contributed by atoms with Crippen molar-refractivity contribution < 1.29 is 38.8 Å². The van der Waals surface area contributed by atoms with E-state index in [4.69, 9.17) is 31.9 Å². The van der Waals surface area contributed by atoms with Crippen LogP contribution in [0.25, 0.3) is 11.2 Å².